The zero-order chi connectivity index (χ0) is 15.9. The lowest BCUT2D eigenvalue weighted by Gasteiger charge is -2.10. The third kappa shape index (κ3) is 5.09. The van der Waals surface area contributed by atoms with Crippen molar-refractivity contribution in [3.63, 3.8) is 0 Å². The van der Waals surface area contributed by atoms with E-state index in [0.29, 0.717) is 0 Å². The number of aryl methyl sites for hydroxylation is 1. The van der Waals surface area contributed by atoms with Gasteiger partial charge in [-0.25, -0.2) is 0 Å². The molecule has 1 amide bonds. The highest BCUT2D eigenvalue weighted by molar-refractivity contribution is 6.01. The van der Waals surface area contributed by atoms with E-state index in [4.69, 9.17) is 4.74 Å². The number of hydrogen-bond donors (Lipinski definition) is 1. The van der Waals surface area contributed by atoms with E-state index in [-0.39, 0.29) is 12.0 Å². The largest absolute Gasteiger partial charge is 0.491 e. The van der Waals surface area contributed by atoms with E-state index < -0.39 is 0 Å². The molecule has 0 bridgehead atoms. The zero-order valence-corrected chi connectivity index (χ0v) is 13.2. The first-order valence-corrected chi connectivity index (χ1v) is 7.35. The topological polar surface area (TPSA) is 38.3 Å². The molecular formula is C19H21NO2. The summed E-state index contributed by atoms with van der Waals surface area (Å²) >= 11 is 0. The second-order valence-electron chi connectivity index (χ2n) is 5.42. The van der Waals surface area contributed by atoms with E-state index in [1.807, 2.05) is 69.3 Å². The minimum atomic E-state index is -0.155. The number of benzene rings is 2. The Labute approximate surface area is 131 Å². The van der Waals surface area contributed by atoms with Crippen molar-refractivity contribution in [1.82, 2.24) is 0 Å². The van der Waals surface area contributed by atoms with Crippen LogP contribution in [0, 0.1) is 6.92 Å². The average molecular weight is 295 g/mol. The fraction of sp³-hybridized carbons (Fsp3) is 0.211. The lowest BCUT2D eigenvalue weighted by Crippen LogP contribution is -2.08. The van der Waals surface area contributed by atoms with Crippen LogP contribution in [0.25, 0.3) is 6.08 Å². The van der Waals surface area contributed by atoms with Crippen LogP contribution in [0.3, 0.4) is 0 Å². The molecule has 3 heteroatoms. The van der Waals surface area contributed by atoms with Gasteiger partial charge in [0.25, 0.3) is 0 Å². The maximum Gasteiger partial charge on any atom is 0.248 e. The van der Waals surface area contributed by atoms with Crippen LogP contribution in [0.15, 0.2) is 54.6 Å². The van der Waals surface area contributed by atoms with E-state index in [2.05, 4.69) is 5.32 Å². The van der Waals surface area contributed by atoms with Gasteiger partial charge in [0.05, 0.1) is 6.10 Å². The summed E-state index contributed by atoms with van der Waals surface area (Å²) in [5, 5.41) is 2.82. The van der Waals surface area contributed by atoms with Crippen LogP contribution in [-0.4, -0.2) is 12.0 Å². The van der Waals surface area contributed by atoms with Gasteiger partial charge in [-0.1, -0.05) is 29.8 Å². The fourth-order valence-corrected chi connectivity index (χ4v) is 1.92. The third-order valence-electron chi connectivity index (χ3n) is 3.00. The number of rotatable bonds is 5. The second kappa shape index (κ2) is 7.46. The molecule has 0 unspecified atom stereocenters. The quantitative estimate of drug-likeness (QED) is 0.828. The summed E-state index contributed by atoms with van der Waals surface area (Å²) in [5.41, 5.74) is 2.95. The van der Waals surface area contributed by atoms with Crippen LogP contribution in [0.4, 0.5) is 5.69 Å². The van der Waals surface area contributed by atoms with Crippen LogP contribution < -0.4 is 10.1 Å². The van der Waals surface area contributed by atoms with Gasteiger partial charge in [0.1, 0.15) is 5.75 Å². The Morgan fingerprint density at radius 3 is 2.27 bits per heavy atom. The van der Waals surface area contributed by atoms with Gasteiger partial charge in [0.2, 0.25) is 5.91 Å². The van der Waals surface area contributed by atoms with Gasteiger partial charge in [0.15, 0.2) is 0 Å². The van der Waals surface area contributed by atoms with Gasteiger partial charge >= 0.3 is 0 Å². The Morgan fingerprint density at radius 1 is 1.05 bits per heavy atom. The fourth-order valence-electron chi connectivity index (χ4n) is 1.92. The molecule has 0 saturated carbocycles. The molecule has 0 spiro atoms. The maximum atomic E-state index is 11.9. The monoisotopic (exact) mass is 295 g/mol. The SMILES string of the molecule is Cc1ccc(/C=C/C(=O)Nc2ccc(OC(C)C)cc2)cc1. The van der Waals surface area contributed by atoms with E-state index in [0.717, 1.165) is 17.0 Å². The van der Waals surface area contributed by atoms with Crippen molar-refractivity contribution in [3.05, 3.63) is 65.7 Å². The molecular weight excluding hydrogens is 274 g/mol. The minimum absolute atomic E-state index is 0.137. The van der Waals surface area contributed by atoms with Crippen LogP contribution in [0.1, 0.15) is 25.0 Å². The first-order valence-electron chi connectivity index (χ1n) is 7.35. The summed E-state index contributed by atoms with van der Waals surface area (Å²) in [6.07, 6.45) is 3.46. The number of carbonyl (C=O) groups excluding carboxylic acids is 1. The molecule has 114 valence electrons. The summed E-state index contributed by atoms with van der Waals surface area (Å²) in [4.78, 5) is 11.9. The highest BCUT2D eigenvalue weighted by Gasteiger charge is 2.00. The number of ether oxygens (including phenoxy) is 1. The Bertz CT molecular complexity index is 640. The van der Waals surface area contributed by atoms with Gasteiger partial charge in [0, 0.05) is 11.8 Å². The average Bonchev–Trinajstić information content (AvgIpc) is 2.48. The number of carbonyl (C=O) groups is 1. The molecule has 0 aliphatic carbocycles. The number of anilines is 1. The Balaban J connectivity index is 1.92. The summed E-state index contributed by atoms with van der Waals surface area (Å²) < 4.78 is 5.56. The predicted octanol–water partition coefficient (Wildman–Crippen LogP) is 4.43. The lowest BCUT2D eigenvalue weighted by molar-refractivity contribution is -0.111. The molecule has 0 saturated heterocycles. The van der Waals surface area contributed by atoms with Crippen molar-refractivity contribution in [2.75, 3.05) is 5.32 Å². The van der Waals surface area contributed by atoms with Crippen LogP contribution in [-0.2, 0) is 4.79 Å². The van der Waals surface area contributed by atoms with Crippen molar-refractivity contribution >= 4 is 17.7 Å². The van der Waals surface area contributed by atoms with Crippen LogP contribution in [0.5, 0.6) is 5.75 Å². The predicted molar refractivity (Wildman–Crippen MR) is 91.0 cm³/mol. The Kier molecular flexibility index (Phi) is 5.37. The molecule has 0 aromatic heterocycles. The van der Waals surface area contributed by atoms with Gasteiger partial charge < -0.3 is 10.1 Å². The molecule has 0 fully saturated rings. The molecule has 3 nitrogen and oxygen atoms in total. The minimum Gasteiger partial charge on any atom is -0.491 e. The zero-order valence-electron chi connectivity index (χ0n) is 13.2. The molecule has 2 aromatic carbocycles. The van der Waals surface area contributed by atoms with Crippen LogP contribution >= 0.6 is 0 Å². The second-order valence-corrected chi connectivity index (χ2v) is 5.42. The van der Waals surface area contributed by atoms with Crippen LogP contribution in [0.2, 0.25) is 0 Å². The number of nitrogens with one attached hydrogen (secondary N) is 1. The van der Waals surface area contributed by atoms with Crippen molar-refractivity contribution in [1.29, 1.82) is 0 Å². The molecule has 2 aromatic rings. The molecule has 0 aliphatic heterocycles. The first kappa shape index (κ1) is 15.8. The standard InChI is InChI=1S/C19H21NO2/c1-14(2)22-18-11-9-17(10-12-18)20-19(21)13-8-16-6-4-15(3)5-7-16/h4-14H,1-3H3,(H,20,21)/b13-8+. The van der Waals surface area contributed by atoms with Gasteiger partial charge in [-0.3, -0.25) is 4.79 Å². The summed E-state index contributed by atoms with van der Waals surface area (Å²) in [6, 6.07) is 15.4. The summed E-state index contributed by atoms with van der Waals surface area (Å²) in [6.45, 7) is 5.99. The highest BCUT2D eigenvalue weighted by Crippen LogP contribution is 2.17. The number of amides is 1. The van der Waals surface area contributed by atoms with Crippen molar-refractivity contribution < 1.29 is 9.53 Å². The summed E-state index contributed by atoms with van der Waals surface area (Å²) in [5.74, 6) is 0.640. The molecule has 0 aliphatic rings. The summed E-state index contributed by atoms with van der Waals surface area (Å²) in [7, 11) is 0. The van der Waals surface area contributed by atoms with E-state index in [1.54, 1.807) is 6.08 Å². The normalized spacial score (nSPS) is 10.9. The molecule has 1 N–H and O–H groups in total. The third-order valence-corrected chi connectivity index (χ3v) is 3.00. The number of hydrogen-bond acceptors (Lipinski definition) is 2. The maximum absolute atomic E-state index is 11.9. The molecule has 2 rings (SSSR count). The van der Waals surface area contributed by atoms with Crippen molar-refractivity contribution in [2.24, 2.45) is 0 Å². The molecule has 22 heavy (non-hydrogen) atoms. The van der Waals surface area contributed by atoms with E-state index in [9.17, 15) is 4.79 Å². The van der Waals surface area contributed by atoms with Crippen molar-refractivity contribution in [2.45, 2.75) is 26.9 Å². The lowest BCUT2D eigenvalue weighted by atomic mass is 10.1. The van der Waals surface area contributed by atoms with Crippen molar-refractivity contribution in [3.8, 4) is 5.75 Å². The van der Waals surface area contributed by atoms with Gasteiger partial charge in [-0.15, -0.1) is 0 Å². The molecule has 0 atom stereocenters. The van der Waals surface area contributed by atoms with E-state index in [1.165, 1.54) is 11.6 Å². The molecule has 0 heterocycles. The smallest absolute Gasteiger partial charge is 0.248 e. The highest BCUT2D eigenvalue weighted by atomic mass is 16.5. The first-order chi connectivity index (χ1) is 10.5. The Morgan fingerprint density at radius 2 is 1.68 bits per heavy atom. The van der Waals surface area contributed by atoms with Gasteiger partial charge in [-0.05, 0) is 56.7 Å². The molecule has 0 radical (unpaired) electrons. The van der Waals surface area contributed by atoms with Gasteiger partial charge in [-0.2, -0.15) is 0 Å². The Hall–Kier alpha value is -2.55. The van der Waals surface area contributed by atoms with E-state index >= 15 is 0 Å².